The van der Waals surface area contributed by atoms with Crippen LogP contribution in [0.1, 0.15) is 17.1 Å². The van der Waals surface area contributed by atoms with Gasteiger partial charge < -0.3 is 4.98 Å². The third-order valence-electron chi connectivity index (χ3n) is 5.10. The molecule has 0 unspecified atom stereocenters. The van der Waals surface area contributed by atoms with Crippen LogP contribution in [0.2, 0.25) is 5.02 Å². The number of aromatic amines is 1. The van der Waals surface area contributed by atoms with Crippen molar-refractivity contribution in [3.63, 3.8) is 0 Å². The summed E-state index contributed by atoms with van der Waals surface area (Å²) in [6.07, 6.45) is 1.89. The second-order valence-corrected chi connectivity index (χ2v) is 7.52. The van der Waals surface area contributed by atoms with Crippen LogP contribution in [-0.2, 0) is 19.6 Å². The number of aryl methyl sites for hydroxylation is 1. The first-order chi connectivity index (χ1) is 13.6. The lowest BCUT2D eigenvalue weighted by atomic mass is 10.0. The summed E-state index contributed by atoms with van der Waals surface area (Å²) in [6.45, 7) is 5.04. The summed E-state index contributed by atoms with van der Waals surface area (Å²) in [5.74, 6) is 0.253. The zero-order chi connectivity index (χ0) is 19.3. The van der Waals surface area contributed by atoms with Gasteiger partial charge in [0.15, 0.2) is 5.65 Å². The maximum atomic E-state index is 13.3. The van der Waals surface area contributed by atoms with E-state index in [1.54, 1.807) is 6.07 Å². The molecule has 6 nitrogen and oxygen atoms in total. The second-order valence-electron chi connectivity index (χ2n) is 7.11. The second kappa shape index (κ2) is 6.68. The van der Waals surface area contributed by atoms with Crippen LogP contribution in [0.15, 0.2) is 36.5 Å². The molecule has 0 aliphatic carbocycles. The van der Waals surface area contributed by atoms with E-state index in [9.17, 15) is 4.39 Å². The summed E-state index contributed by atoms with van der Waals surface area (Å²) in [6, 6.07) is 9.08. The first kappa shape index (κ1) is 17.3. The molecule has 0 fully saturated rings. The van der Waals surface area contributed by atoms with Crippen molar-refractivity contribution in [3.8, 4) is 11.1 Å². The maximum absolute atomic E-state index is 13.3. The largest absolute Gasteiger partial charge is 0.340 e. The van der Waals surface area contributed by atoms with Crippen LogP contribution in [0.25, 0.3) is 22.3 Å². The van der Waals surface area contributed by atoms with E-state index in [-0.39, 0.29) is 0 Å². The van der Waals surface area contributed by atoms with E-state index >= 15 is 0 Å². The third kappa shape index (κ3) is 3.06. The Morgan fingerprint density at radius 2 is 2.04 bits per heavy atom. The number of halogens is 2. The minimum Gasteiger partial charge on any atom is -0.340 e. The molecule has 1 aliphatic heterocycles. The Hall–Kier alpha value is -2.77. The van der Waals surface area contributed by atoms with Gasteiger partial charge in [-0.05, 0) is 30.7 Å². The number of nitrogens with one attached hydrogen (secondary N) is 1. The van der Waals surface area contributed by atoms with E-state index < -0.39 is 5.95 Å². The number of benzene rings is 1. The predicted molar refractivity (Wildman–Crippen MR) is 105 cm³/mol. The Kier molecular flexibility index (Phi) is 4.14. The van der Waals surface area contributed by atoms with Gasteiger partial charge in [-0.25, -0.2) is 4.98 Å². The number of H-pyrrole nitrogens is 1. The number of nitrogens with zero attached hydrogens (tertiary/aromatic N) is 5. The first-order valence-corrected chi connectivity index (χ1v) is 9.49. The van der Waals surface area contributed by atoms with Gasteiger partial charge >= 0.3 is 0 Å². The van der Waals surface area contributed by atoms with Crippen molar-refractivity contribution in [3.05, 3.63) is 64.6 Å². The number of rotatable bonds is 3. The molecule has 1 N–H and O–H groups in total. The quantitative estimate of drug-likeness (QED) is 0.533. The van der Waals surface area contributed by atoms with Crippen LogP contribution in [0.5, 0.6) is 0 Å². The molecule has 0 saturated carbocycles. The summed E-state index contributed by atoms with van der Waals surface area (Å²) in [7, 11) is 0. The molecule has 4 aromatic rings. The molecule has 4 heterocycles. The molecular weight excluding hydrogens is 379 g/mol. The lowest BCUT2D eigenvalue weighted by Crippen LogP contribution is -2.34. The van der Waals surface area contributed by atoms with Gasteiger partial charge in [0.2, 0.25) is 5.95 Å². The van der Waals surface area contributed by atoms with Crippen LogP contribution in [0, 0.1) is 12.9 Å². The minimum atomic E-state index is -0.521. The van der Waals surface area contributed by atoms with Gasteiger partial charge in [-0.2, -0.15) is 14.5 Å². The lowest BCUT2D eigenvalue weighted by molar-refractivity contribution is 0.201. The molecule has 0 atom stereocenters. The molecule has 28 heavy (non-hydrogen) atoms. The Balaban J connectivity index is 1.42. The molecule has 0 radical (unpaired) electrons. The fourth-order valence-corrected chi connectivity index (χ4v) is 4.04. The van der Waals surface area contributed by atoms with Crippen molar-refractivity contribution in [1.29, 1.82) is 0 Å². The van der Waals surface area contributed by atoms with Gasteiger partial charge in [0.05, 0.1) is 30.5 Å². The van der Waals surface area contributed by atoms with Gasteiger partial charge in [0.25, 0.3) is 0 Å². The minimum absolute atomic E-state index is 0.407. The van der Waals surface area contributed by atoms with Gasteiger partial charge in [-0.1, -0.05) is 23.7 Å². The number of hydrogen-bond acceptors (Lipinski definition) is 4. The van der Waals surface area contributed by atoms with Gasteiger partial charge in [-0.3, -0.25) is 9.58 Å². The summed E-state index contributed by atoms with van der Waals surface area (Å²) in [5, 5.41) is 5.27. The zero-order valence-electron chi connectivity index (χ0n) is 15.3. The first-order valence-electron chi connectivity index (χ1n) is 9.11. The van der Waals surface area contributed by atoms with E-state index in [1.165, 1.54) is 6.07 Å². The number of fused-ring (bicyclic) bond motifs is 2. The molecule has 0 bridgehead atoms. The molecule has 5 rings (SSSR count). The Labute approximate surface area is 166 Å². The smallest absolute Gasteiger partial charge is 0.215 e. The highest BCUT2D eigenvalue weighted by Crippen LogP contribution is 2.33. The van der Waals surface area contributed by atoms with E-state index in [0.717, 1.165) is 58.4 Å². The fourth-order valence-electron chi connectivity index (χ4n) is 3.70. The summed E-state index contributed by atoms with van der Waals surface area (Å²) < 4.78 is 15.3. The highest BCUT2D eigenvalue weighted by molar-refractivity contribution is 6.33. The fraction of sp³-hybridized carbons (Fsp3) is 0.250. The topological polar surface area (TPSA) is 62.6 Å². The molecule has 0 saturated heterocycles. The van der Waals surface area contributed by atoms with Crippen LogP contribution in [-0.4, -0.2) is 36.2 Å². The maximum Gasteiger partial charge on any atom is 0.215 e. The Bertz CT molecular complexity index is 1180. The molecule has 0 spiro atoms. The highest BCUT2D eigenvalue weighted by Gasteiger charge is 2.23. The van der Waals surface area contributed by atoms with Gasteiger partial charge in [0.1, 0.15) is 5.82 Å². The predicted octanol–water partition coefficient (Wildman–Crippen LogP) is 3.94. The number of imidazole rings is 1. The van der Waals surface area contributed by atoms with Gasteiger partial charge in [0, 0.05) is 29.2 Å². The average Bonchev–Trinajstić information content (AvgIpc) is 3.25. The number of pyridine rings is 1. The summed E-state index contributed by atoms with van der Waals surface area (Å²) in [5.41, 5.74) is 5.47. The van der Waals surface area contributed by atoms with E-state index in [1.807, 2.05) is 29.9 Å². The van der Waals surface area contributed by atoms with Crippen LogP contribution >= 0.6 is 11.6 Å². The van der Waals surface area contributed by atoms with Crippen LogP contribution in [0.4, 0.5) is 4.39 Å². The molecule has 3 aromatic heterocycles. The molecule has 0 amide bonds. The van der Waals surface area contributed by atoms with Crippen molar-refractivity contribution >= 4 is 22.8 Å². The Morgan fingerprint density at radius 3 is 2.89 bits per heavy atom. The van der Waals surface area contributed by atoms with Crippen molar-refractivity contribution in [2.45, 2.75) is 26.6 Å². The number of hydrogen-bond donors (Lipinski definition) is 1. The highest BCUT2D eigenvalue weighted by atomic mass is 35.5. The van der Waals surface area contributed by atoms with E-state index in [2.05, 4.69) is 31.0 Å². The van der Waals surface area contributed by atoms with Crippen molar-refractivity contribution in [2.75, 3.05) is 6.54 Å². The molecule has 1 aliphatic rings. The third-order valence-corrected chi connectivity index (χ3v) is 5.41. The van der Waals surface area contributed by atoms with Crippen molar-refractivity contribution in [1.82, 2.24) is 29.6 Å². The van der Waals surface area contributed by atoms with Crippen LogP contribution in [0.3, 0.4) is 0 Å². The summed E-state index contributed by atoms with van der Waals surface area (Å²) in [4.78, 5) is 13.8. The molecule has 1 aromatic carbocycles. The molecular formula is C20H18ClFN6. The molecule has 142 valence electrons. The SMILES string of the molecule is Cc1ccc(-c2cnn3c2CN(Cc2nc4nc(F)ccc4[nH]2)CC3)c(Cl)c1. The van der Waals surface area contributed by atoms with Crippen molar-refractivity contribution < 1.29 is 4.39 Å². The van der Waals surface area contributed by atoms with Crippen molar-refractivity contribution in [2.24, 2.45) is 0 Å². The zero-order valence-corrected chi connectivity index (χ0v) is 16.0. The lowest BCUT2D eigenvalue weighted by Gasteiger charge is -2.27. The standard InChI is InChI=1S/C20H18ClFN6/c1-12-2-3-13(15(21)8-12)14-9-23-28-7-6-27(10-17(14)28)11-19-24-16-4-5-18(22)25-20(16)26-19/h2-5,8-9H,6-7,10-11H2,1H3,(H,24,25,26). The van der Waals surface area contributed by atoms with Gasteiger partial charge in [-0.15, -0.1) is 0 Å². The Morgan fingerprint density at radius 1 is 1.14 bits per heavy atom. The molecule has 8 heteroatoms. The monoisotopic (exact) mass is 396 g/mol. The summed E-state index contributed by atoms with van der Waals surface area (Å²) >= 11 is 6.48. The normalized spacial score (nSPS) is 14.5. The average molecular weight is 397 g/mol. The van der Waals surface area contributed by atoms with E-state index in [0.29, 0.717) is 12.2 Å². The number of aromatic nitrogens is 5. The van der Waals surface area contributed by atoms with Crippen LogP contribution < -0.4 is 0 Å². The van der Waals surface area contributed by atoms with E-state index in [4.69, 9.17) is 11.6 Å².